The summed E-state index contributed by atoms with van der Waals surface area (Å²) in [7, 11) is 0. The molecule has 1 aromatic heterocycles. The Bertz CT molecular complexity index is 789. The number of benzene rings is 1. The SMILES string of the molecule is C[C@@H]1CN(C(=O)CSc2nc(C3CCCCC3)n(-c3ccccc3)n2)CCO1. The van der Waals surface area contributed by atoms with Crippen molar-refractivity contribution >= 4 is 17.7 Å². The van der Waals surface area contributed by atoms with Gasteiger partial charge in [-0.2, -0.15) is 0 Å². The van der Waals surface area contributed by atoms with Crippen molar-refractivity contribution in [1.82, 2.24) is 19.7 Å². The smallest absolute Gasteiger partial charge is 0.233 e. The Morgan fingerprint density at radius 1 is 1.21 bits per heavy atom. The molecular weight excluding hydrogens is 372 g/mol. The van der Waals surface area contributed by atoms with E-state index in [1.165, 1.54) is 43.9 Å². The van der Waals surface area contributed by atoms with E-state index >= 15 is 0 Å². The summed E-state index contributed by atoms with van der Waals surface area (Å²) in [6, 6.07) is 10.2. The van der Waals surface area contributed by atoms with Crippen LogP contribution in [0.1, 0.15) is 50.8 Å². The Balaban J connectivity index is 1.49. The lowest BCUT2D eigenvalue weighted by molar-refractivity contribution is -0.135. The lowest BCUT2D eigenvalue weighted by atomic mass is 9.88. The van der Waals surface area contributed by atoms with Gasteiger partial charge in [0.15, 0.2) is 0 Å². The number of morpholine rings is 1. The molecule has 7 heteroatoms. The van der Waals surface area contributed by atoms with Crippen LogP contribution in [0.15, 0.2) is 35.5 Å². The topological polar surface area (TPSA) is 60.2 Å². The Labute approximate surface area is 170 Å². The van der Waals surface area contributed by atoms with Crippen LogP contribution in [0, 0.1) is 0 Å². The summed E-state index contributed by atoms with van der Waals surface area (Å²) in [6.45, 7) is 3.96. The zero-order valence-corrected chi connectivity index (χ0v) is 17.2. The van der Waals surface area contributed by atoms with Crippen LogP contribution in [0.2, 0.25) is 0 Å². The van der Waals surface area contributed by atoms with E-state index in [2.05, 4.69) is 12.1 Å². The van der Waals surface area contributed by atoms with Gasteiger partial charge in [0.2, 0.25) is 11.1 Å². The highest BCUT2D eigenvalue weighted by molar-refractivity contribution is 7.99. The predicted octanol–water partition coefficient (Wildman–Crippen LogP) is 3.65. The molecule has 28 heavy (non-hydrogen) atoms. The van der Waals surface area contributed by atoms with E-state index in [1.54, 1.807) is 0 Å². The quantitative estimate of drug-likeness (QED) is 0.717. The van der Waals surface area contributed by atoms with Gasteiger partial charge < -0.3 is 9.64 Å². The molecule has 2 aliphatic rings. The number of thioether (sulfide) groups is 1. The van der Waals surface area contributed by atoms with Crippen LogP contribution in [0.3, 0.4) is 0 Å². The molecule has 0 unspecified atom stereocenters. The molecule has 2 aromatic rings. The Morgan fingerprint density at radius 3 is 2.75 bits per heavy atom. The molecule has 1 saturated carbocycles. The molecule has 0 N–H and O–H groups in total. The van der Waals surface area contributed by atoms with Crippen LogP contribution < -0.4 is 0 Å². The van der Waals surface area contributed by atoms with E-state index in [4.69, 9.17) is 14.8 Å². The lowest BCUT2D eigenvalue weighted by Crippen LogP contribution is -2.45. The fourth-order valence-electron chi connectivity index (χ4n) is 4.01. The number of aromatic nitrogens is 3. The second kappa shape index (κ2) is 9.09. The highest BCUT2D eigenvalue weighted by Gasteiger charge is 2.25. The van der Waals surface area contributed by atoms with Crippen molar-refractivity contribution in [3.05, 3.63) is 36.2 Å². The molecule has 6 nitrogen and oxygen atoms in total. The van der Waals surface area contributed by atoms with Crippen LogP contribution in [-0.2, 0) is 9.53 Å². The number of amides is 1. The maximum absolute atomic E-state index is 12.6. The number of carbonyl (C=O) groups excluding carboxylic acids is 1. The van der Waals surface area contributed by atoms with Gasteiger partial charge in [0.05, 0.1) is 24.2 Å². The maximum atomic E-state index is 12.6. The zero-order valence-electron chi connectivity index (χ0n) is 16.4. The van der Waals surface area contributed by atoms with Crippen molar-refractivity contribution < 1.29 is 9.53 Å². The van der Waals surface area contributed by atoms with E-state index in [0.29, 0.717) is 36.5 Å². The number of carbonyl (C=O) groups is 1. The third-order valence-electron chi connectivity index (χ3n) is 5.50. The molecule has 1 aliphatic heterocycles. The van der Waals surface area contributed by atoms with Gasteiger partial charge in [-0.15, -0.1) is 5.10 Å². The first-order valence-corrected chi connectivity index (χ1v) is 11.2. The fraction of sp³-hybridized carbons (Fsp3) is 0.571. The van der Waals surface area contributed by atoms with Crippen LogP contribution in [-0.4, -0.2) is 57.1 Å². The van der Waals surface area contributed by atoms with Gasteiger partial charge >= 0.3 is 0 Å². The molecule has 150 valence electrons. The van der Waals surface area contributed by atoms with Gasteiger partial charge in [-0.1, -0.05) is 49.2 Å². The van der Waals surface area contributed by atoms with Gasteiger partial charge in [0.25, 0.3) is 0 Å². The van der Waals surface area contributed by atoms with Gasteiger partial charge in [0.1, 0.15) is 5.82 Å². The van der Waals surface area contributed by atoms with Crippen LogP contribution in [0.25, 0.3) is 5.69 Å². The molecule has 1 aromatic carbocycles. The van der Waals surface area contributed by atoms with Gasteiger partial charge in [-0.3, -0.25) is 4.79 Å². The van der Waals surface area contributed by atoms with Crippen molar-refractivity contribution in [2.24, 2.45) is 0 Å². The van der Waals surface area contributed by atoms with Crippen LogP contribution in [0.5, 0.6) is 0 Å². The fourth-order valence-corrected chi connectivity index (χ4v) is 4.74. The molecule has 2 heterocycles. The van der Waals surface area contributed by atoms with Crippen LogP contribution >= 0.6 is 11.8 Å². The maximum Gasteiger partial charge on any atom is 0.233 e. The monoisotopic (exact) mass is 400 g/mol. The minimum absolute atomic E-state index is 0.107. The average Bonchev–Trinajstić information content (AvgIpc) is 3.18. The summed E-state index contributed by atoms with van der Waals surface area (Å²) >= 11 is 1.44. The lowest BCUT2D eigenvalue weighted by Gasteiger charge is -2.31. The van der Waals surface area contributed by atoms with E-state index in [-0.39, 0.29) is 12.0 Å². The first-order valence-electron chi connectivity index (χ1n) is 10.3. The molecule has 0 bridgehead atoms. The third-order valence-corrected chi connectivity index (χ3v) is 6.32. The number of rotatable bonds is 5. The molecule has 2 fully saturated rings. The Kier molecular flexibility index (Phi) is 6.32. The predicted molar refractivity (Wildman–Crippen MR) is 110 cm³/mol. The van der Waals surface area contributed by atoms with Crippen molar-refractivity contribution in [2.45, 2.75) is 56.2 Å². The highest BCUT2D eigenvalue weighted by atomic mass is 32.2. The first kappa shape index (κ1) is 19.5. The van der Waals surface area contributed by atoms with Crippen molar-refractivity contribution in [1.29, 1.82) is 0 Å². The summed E-state index contributed by atoms with van der Waals surface area (Å²) in [5, 5.41) is 5.45. The molecule has 1 amide bonds. The van der Waals surface area contributed by atoms with Crippen LogP contribution in [0.4, 0.5) is 0 Å². The van der Waals surface area contributed by atoms with E-state index in [9.17, 15) is 4.79 Å². The van der Waals surface area contributed by atoms with E-state index in [0.717, 1.165) is 11.5 Å². The summed E-state index contributed by atoms with van der Waals surface area (Å²) in [5.41, 5.74) is 1.04. The number of hydrogen-bond donors (Lipinski definition) is 0. The summed E-state index contributed by atoms with van der Waals surface area (Å²) < 4.78 is 7.51. The number of hydrogen-bond acceptors (Lipinski definition) is 5. The summed E-state index contributed by atoms with van der Waals surface area (Å²) in [5.74, 6) is 2.00. The molecule has 0 radical (unpaired) electrons. The van der Waals surface area contributed by atoms with Gasteiger partial charge in [-0.25, -0.2) is 9.67 Å². The number of nitrogens with zero attached hydrogens (tertiary/aromatic N) is 4. The second-order valence-electron chi connectivity index (χ2n) is 7.64. The van der Waals surface area contributed by atoms with E-state index < -0.39 is 0 Å². The molecule has 1 saturated heterocycles. The van der Waals surface area contributed by atoms with Crippen molar-refractivity contribution in [3.8, 4) is 5.69 Å². The average molecular weight is 401 g/mol. The zero-order chi connectivity index (χ0) is 19.3. The highest BCUT2D eigenvalue weighted by Crippen LogP contribution is 2.33. The van der Waals surface area contributed by atoms with Gasteiger partial charge in [-0.05, 0) is 31.9 Å². The summed E-state index contributed by atoms with van der Waals surface area (Å²) in [4.78, 5) is 19.3. The molecule has 0 spiro atoms. The third kappa shape index (κ3) is 4.58. The Morgan fingerprint density at radius 2 is 2.00 bits per heavy atom. The standard InChI is InChI=1S/C21H28N4O2S/c1-16-14-24(12-13-27-16)19(26)15-28-21-22-20(17-8-4-2-5-9-17)25(23-21)18-10-6-3-7-11-18/h3,6-7,10-11,16-17H,2,4-5,8-9,12-15H2,1H3/t16-/m1/s1. The largest absolute Gasteiger partial charge is 0.375 e. The van der Waals surface area contributed by atoms with E-state index in [1.807, 2.05) is 34.7 Å². The Hall–Kier alpha value is -1.86. The molecule has 1 atom stereocenters. The minimum Gasteiger partial charge on any atom is -0.375 e. The summed E-state index contributed by atoms with van der Waals surface area (Å²) in [6.07, 6.45) is 6.26. The second-order valence-corrected chi connectivity index (χ2v) is 8.59. The van der Waals surface area contributed by atoms with Crippen molar-refractivity contribution in [2.75, 3.05) is 25.4 Å². The molecule has 4 rings (SSSR count). The first-order chi connectivity index (χ1) is 13.7. The van der Waals surface area contributed by atoms with Gasteiger partial charge in [0, 0.05) is 19.0 Å². The molecular formula is C21H28N4O2S. The van der Waals surface area contributed by atoms with Crippen molar-refractivity contribution in [3.63, 3.8) is 0 Å². The minimum atomic E-state index is 0.107. The number of para-hydroxylation sites is 1. The number of ether oxygens (including phenoxy) is 1. The normalized spacial score (nSPS) is 21.0. The molecule has 1 aliphatic carbocycles.